The molecule has 0 radical (unpaired) electrons. The Morgan fingerprint density at radius 2 is 1.89 bits per heavy atom. The maximum atomic E-state index is 11.7. The van der Waals surface area contributed by atoms with E-state index in [1.54, 1.807) is 0 Å². The van der Waals surface area contributed by atoms with Crippen LogP contribution in [-0.2, 0) is 6.42 Å². The molecule has 2 aromatic heterocycles. The lowest BCUT2D eigenvalue weighted by atomic mass is 10.1. The molecule has 0 spiro atoms. The zero-order chi connectivity index (χ0) is 13.4. The second-order valence-corrected chi connectivity index (χ2v) is 4.23. The van der Waals surface area contributed by atoms with Crippen LogP contribution in [0.15, 0.2) is 33.9 Å². The molecule has 0 aliphatic rings. The van der Waals surface area contributed by atoms with Crippen molar-refractivity contribution >= 4 is 11.2 Å². The molecule has 0 aliphatic heterocycles. The molecule has 19 heavy (non-hydrogen) atoms. The van der Waals surface area contributed by atoms with E-state index in [4.69, 9.17) is 0 Å². The average molecular weight is 256 g/mol. The average Bonchev–Trinajstić information content (AvgIpc) is 2.82. The number of imidazole rings is 1. The summed E-state index contributed by atoms with van der Waals surface area (Å²) in [7, 11) is 0. The van der Waals surface area contributed by atoms with Crippen LogP contribution in [0.1, 0.15) is 12.5 Å². The molecule has 6 nitrogen and oxygen atoms in total. The van der Waals surface area contributed by atoms with Crippen LogP contribution in [0.5, 0.6) is 0 Å². The molecule has 1 aromatic carbocycles. The summed E-state index contributed by atoms with van der Waals surface area (Å²) < 4.78 is 0. The number of aryl methyl sites for hydroxylation is 1. The molecule has 2 heterocycles. The van der Waals surface area contributed by atoms with Crippen molar-refractivity contribution in [3.05, 3.63) is 50.7 Å². The minimum absolute atomic E-state index is 0.273. The summed E-state index contributed by atoms with van der Waals surface area (Å²) in [5.74, 6) is 0.583. The van der Waals surface area contributed by atoms with Crippen molar-refractivity contribution in [2.45, 2.75) is 13.3 Å². The number of nitrogens with zero attached hydrogens (tertiary/aromatic N) is 1. The highest BCUT2D eigenvalue weighted by atomic mass is 16.2. The molecule has 0 amide bonds. The fraction of sp³-hybridized carbons (Fsp3) is 0.154. The summed E-state index contributed by atoms with van der Waals surface area (Å²) in [5.41, 5.74) is 1.59. The molecule has 0 aliphatic carbocycles. The van der Waals surface area contributed by atoms with Gasteiger partial charge in [0, 0.05) is 5.56 Å². The van der Waals surface area contributed by atoms with Crippen molar-refractivity contribution in [1.82, 2.24) is 19.9 Å². The van der Waals surface area contributed by atoms with Crippen molar-refractivity contribution in [2.75, 3.05) is 0 Å². The molecule has 3 rings (SSSR count). The summed E-state index contributed by atoms with van der Waals surface area (Å²) in [6.07, 6.45) is 0.861. The van der Waals surface area contributed by atoms with Crippen molar-refractivity contribution in [3.8, 4) is 11.4 Å². The third-order valence-electron chi connectivity index (χ3n) is 3.04. The van der Waals surface area contributed by atoms with Gasteiger partial charge in [-0.05, 0) is 12.0 Å². The number of aromatic amines is 3. The second kappa shape index (κ2) is 4.24. The Kier molecular flexibility index (Phi) is 2.56. The quantitative estimate of drug-likeness (QED) is 0.642. The van der Waals surface area contributed by atoms with Gasteiger partial charge in [-0.25, -0.2) is 9.78 Å². The van der Waals surface area contributed by atoms with Crippen LogP contribution < -0.4 is 11.2 Å². The third-order valence-corrected chi connectivity index (χ3v) is 3.04. The van der Waals surface area contributed by atoms with Crippen LogP contribution in [0.25, 0.3) is 22.6 Å². The first-order chi connectivity index (χ1) is 9.19. The molecule has 6 heteroatoms. The van der Waals surface area contributed by atoms with Gasteiger partial charge in [-0.2, -0.15) is 0 Å². The van der Waals surface area contributed by atoms with Gasteiger partial charge in [0.05, 0.1) is 0 Å². The van der Waals surface area contributed by atoms with Crippen LogP contribution in [0.4, 0.5) is 0 Å². The van der Waals surface area contributed by atoms with Crippen LogP contribution in [-0.4, -0.2) is 19.9 Å². The van der Waals surface area contributed by atoms with Gasteiger partial charge in [0.25, 0.3) is 5.56 Å². The Bertz CT molecular complexity index is 857. The van der Waals surface area contributed by atoms with E-state index in [0.29, 0.717) is 5.82 Å². The number of fused-ring (bicyclic) bond motifs is 1. The Morgan fingerprint density at radius 1 is 1.11 bits per heavy atom. The number of aromatic nitrogens is 4. The number of H-pyrrole nitrogens is 3. The van der Waals surface area contributed by atoms with Gasteiger partial charge in [0.1, 0.15) is 11.3 Å². The number of hydrogen-bond acceptors (Lipinski definition) is 3. The smallest absolute Gasteiger partial charge is 0.327 e. The molecule has 0 atom stereocenters. The summed E-state index contributed by atoms with van der Waals surface area (Å²) in [5, 5.41) is 0. The first kappa shape index (κ1) is 11.5. The number of nitrogens with one attached hydrogen (secondary N) is 3. The maximum Gasteiger partial charge on any atom is 0.327 e. The molecule has 0 saturated heterocycles. The normalized spacial score (nSPS) is 11.0. The van der Waals surface area contributed by atoms with E-state index in [2.05, 4.69) is 26.9 Å². The minimum Gasteiger partial charge on any atom is -0.332 e. The zero-order valence-electron chi connectivity index (χ0n) is 10.3. The van der Waals surface area contributed by atoms with E-state index < -0.39 is 11.2 Å². The van der Waals surface area contributed by atoms with Crippen molar-refractivity contribution in [2.24, 2.45) is 0 Å². The maximum absolute atomic E-state index is 11.7. The van der Waals surface area contributed by atoms with Gasteiger partial charge < -0.3 is 4.98 Å². The lowest BCUT2D eigenvalue weighted by Crippen LogP contribution is -2.21. The van der Waals surface area contributed by atoms with Gasteiger partial charge in [0.15, 0.2) is 5.65 Å². The highest BCUT2D eigenvalue weighted by molar-refractivity contribution is 5.75. The van der Waals surface area contributed by atoms with E-state index in [0.717, 1.165) is 17.5 Å². The summed E-state index contributed by atoms with van der Waals surface area (Å²) in [6, 6.07) is 7.81. The summed E-state index contributed by atoms with van der Waals surface area (Å²) >= 11 is 0. The molecule has 96 valence electrons. The Morgan fingerprint density at radius 3 is 2.68 bits per heavy atom. The molecule has 0 saturated carbocycles. The summed E-state index contributed by atoms with van der Waals surface area (Å²) in [4.78, 5) is 34.8. The van der Waals surface area contributed by atoms with Gasteiger partial charge in [0.2, 0.25) is 0 Å². The minimum atomic E-state index is -0.556. The van der Waals surface area contributed by atoms with Crippen molar-refractivity contribution < 1.29 is 0 Å². The van der Waals surface area contributed by atoms with E-state index in [1.807, 2.05) is 24.3 Å². The third kappa shape index (κ3) is 1.87. The monoisotopic (exact) mass is 256 g/mol. The number of hydrogen-bond donors (Lipinski definition) is 3. The fourth-order valence-corrected chi connectivity index (χ4v) is 2.12. The first-order valence-electron chi connectivity index (χ1n) is 5.99. The van der Waals surface area contributed by atoms with E-state index >= 15 is 0 Å². The highest BCUT2D eigenvalue weighted by Gasteiger charge is 2.11. The molecule has 0 unspecified atom stereocenters. The Labute approximate surface area is 107 Å². The van der Waals surface area contributed by atoms with Crippen LogP contribution in [0.2, 0.25) is 0 Å². The lowest BCUT2D eigenvalue weighted by Gasteiger charge is -2.03. The van der Waals surface area contributed by atoms with E-state index in [1.165, 1.54) is 0 Å². The van der Waals surface area contributed by atoms with Gasteiger partial charge >= 0.3 is 5.69 Å². The lowest BCUT2D eigenvalue weighted by molar-refractivity contribution is 1.07. The first-order valence-corrected chi connectivity index (χ1v) is 5.99. The van der Waals surface area contributed by atoms with Crippen LogP contribution in [0.3, 0.4) is 0 Å². The fourth-order valence-electron chi connectivity index (χ4n) is 2.12. The molecule has 3 aromatic rings. The summed E-state index contributed by atoms with van der Waals surface area (Å²) in [6.45, 7) is 2.05. The molecule has 3 N–H and O–H groups in total. The Hall–Kier alpha value is -2.63. The molecule has 0 bridgehead atoms. The predicted molar refractivity (Wildman–Crippen MR) is 72.1 cm³/mol. The zero-order valence-corrected chi connectivity index (χ0v) is 10.3. The molecule has 0 fully saturated rings. The van der Waals surface area contributed by atoms with Crippen molar-refractivity contribution in [1.29, 1.82) is 0 Å². The largest absolute Gasteiger partial charge is 0.332 e. The SMILES string of the molecule is CCc1ccccc1-c1nc2[nH]c(=O)[nH]c(=O)c2[nH]1. The van der Waals surface area contributed by atoms with E-state index in [-0.39, 0.29) is 11.2 Å². The Balaban J connectivity index is 2.29. The van der Waals surface area contributed by atoms with Gasteiger partial charge in [-0.1, -0.05) is 31.2 Å². The topological polar surface area (TPSA) is 94.4 Å². The highest BCUT2D eigenvalue weighted by Crippen LogP contribution is 2.22. The van der Waals surface area contributed by atoms with Crippen LogP contribution in [0, 0.1) is 0 Å². The standard InChI is InChI=1S/C13H12N4O2/c1-2-7-5-3-4-6-8(7)10-14-9-11(15-10)16-13(19)17-12(9)18/h3-6H,2H2,1H3,(H3,14,15,16,17,18,19). The van der Waals surface area contributed by atoms with Gasteiger partial charge in [-0.15, -0.1) is 0 Å². The van der Waals surface area contributed by atoms with Crippen LogP contribution >= 0.6 is 0 Å². The number of benzene rings is 1. The predicted octanol–water partition coefficient (Wildman–Crippen LogP) is 1.17. The van der Waals surface area contributed by atoms with Gasteiger partial charge in [-0.3, -0.25) is 14.8 Å². The van der Waals surface area contributed by atoms with E-state index in [9.17, 15) is 9.59 Å². The molecular formula is C13H12N4O2. The van der Waals surface area contributed by atoms with Crippen molar-refractivity contribution in [3.63, 3.8) is 0 Å². The number of rotatable bonds is 2. The molecular weight excluding hydrogens is 244 g/mol. The second-order valence-electron chi connectivity index (χ2n) is 4.23.